The second-order valence-corrected chi connectivity index (χ2v) is 11.4. The minimum absolute atomic E-state index is 0.0578. The third kappa shape index (κ3) is 7.64. The zero-order valence-electron chi connectivity index (χ0n) is 25.5. The average molecular weight is 578 g/mol. The number of anilines is 1. The summed E-state index contributed by atoms with van der Waals surface area (Å²) in [6.07, 6.45) is 6.12. The molecule has 1 amide bonds. The normalized spacial score (nSPS) is 16.0. The second-order valence-electron chi connectivity index (χ2n) is 11.4. The highest BCUT2D eigenvalue weighted by Crippen LogP contribution is 2.28. The SMILES string of the molecule is COc1ccc(CCNC(=O)C(C(=O)CC(C)C)C2CN(c3cc(C(C)C)nc(-n4ccnc4)n3)CCN2)cc1OC. The van der Waals surface area contributed by atoms with Gasteiger partial charge in [-0.1, -0.05) is 33.8 Å². The van der Waals surface area contributed by atoms with E-state index in [1.54, 1.807) is 31.3 Å². The summed E-state index contributed by atoms with van der Waals surface area (Å²) in [6, 6.07) is 7.34. The van der Waals surface area contributed by atoms with E-state index in [0.29, 0.717) is 56.5 Å². The molecule has 1 aromatic carbocycles. The smallest absolute Gasteiger partial charge is 0.237 e. The fourth-order valence-electron chi connectivity index (χ4n) is 5.16. The number of aromatic nitrogens is 4. The topological polar surface area (TPSA) is 124 Å². The monoisotopic (exact) mass is 577 g/mol. The van der Waals surface area contributed by atoms with Crippen molar-refractivity contribution in [1.82, 2.24) is 30.2 Å². The van der Waals surface area contributed by atoms with Gasteiger partial charge in [-0.15, -0.1) is 0 Å². The van der Waals surface area contributed by atoms with Gasteiger partial charge in [0.1, 0.15) is 23.8 Å². The van der Waals surface area contributed by atoms with Crippen molar-refractivity contribution >= 4 is 17.5 Å². The van der Waals surface area contributed by atoms with Crippen LogP contribution in [0.2, 0.25) is 0 Å². The van der Waals surface area contributed by atoms with Gasteiger partial charge in [-0.3, -0.25) is 14.2 Å². The Balaban J connectivity index is 1.51. The number of imidazole rings is 1. The van der Waals surface area contributed by atoms with Gasteiger partial charge in [-0.25, -0.2) is 9.97 Å². The molecule has 1 fully saturated rings. The maximum atomic E-state index is 13.6. The van der Waals surface area contributed by atoms with Gasteiger partial charge in [0, 0.05) is 57.1 Å². The van der Waals surface area contributed by atoms with E-state index in [2.05, 4.69) is 34.4 Å². The van der Waals surface area contributed by atoms with Gasteiger partial charge < -0.3 is 25.0 Å². The van der Waals surface area contributed by atoms with Crippen LogP contribution < -0.4 is 25.0 Å². The molecule has 2 aromatic heterocycles. The lowest BCUT2D eigenvalue weighted by molar-refractivity contribution is -0.135. The predicted octanol–water partition coefficient (Wildman–Crippen LogP) is 3.17. The number of benzene rings is 1. The number of amides is 1. The standard InChI is InChI=1S/C31H43N7O4/c1-20(2)15-25(39)29(30(40)34-10-9-22-7-8-26(41-5)27(16-22)42-6)24-18-37(14-12-33-24)28-17-23(21(3)4)35-31(36-28)38-13-11-32-19-38/h7-8,11,13,16-17,19-21,24,29,33H,9-10,12,14-15,18H2,1-6H3,(H,34,40). The molecule has 1 aliphatic heterocycles. The Morgan fingerprint density at radius 3 is 2.55 bits per heavy atom. The molecule has 3 aromatic rings. The van der Waals surface area contributed by atoms with Crippen molar-refractivity contribution in [3.8, 4) is 17.4 Å². The van der Waals surface area contributed by atoms with Gasteiger partial charge in [-0.05, 0) is 36.0 Å². The van der Waals surface area contributed by atoms with E-state index in [-0.39, 0.29) is 29.6 Å². The van der Waals surface area contributed by atoms with Crippen LogP contribution in [0.1, 0.15) is 51.3 Å². The Hall–Kier alpha value is -3.99. The summed E-state index contributed by atoms with van der Waals surface area (Å²) in [6.45, 7) is 10.4. The van der Waals surface area contributed by atoms with Crippen molar-refractivity contribution in [2.24, 2.45) is 11.8 Å². The van der Waals surface area contributed by atoms with Gasteiger partial charge in [0.15, 0.2) is 11.5 Å². The van der Waals surface area contributed by atoms with Gasteiger partial charge in [0.05, 0.1) is 19.9 Å². The molecule has 2 atom stereocenters. The molecule has 4 rings (SSSR count). The molecule has 11 nitrogen and oxygen atoms in total. The maximum Gasteiger partial charge on any atom is 0.237 e. The number of nitrogens with zero attached hydrogens (tertiary/aromatic N) is 5. The number of carbonyl (C=O) groups excluding carboxylic acids is 2. The van der Waals surface area contributed by atoms with Crippen LogP contribution >= 0.6 is 0 Å². The molecule has 0 aliphatic carbocycles. The first kappa shape index (κ1) is 31.0. The fourth-order valence-corrected chi connectivity index (χ4v) is 5.16. The highest BCUT2D eigenvalue weighted by Gasteiger charge is 2.37. The first-order chi connectivity index (χ1) is 20.2. The van der Waals surface area contributed by atoms with Crippen LogP contribution in [0.4, 0.5) is 5.82 Å². The van der Waals surface area contributed by atoms with Gasteiger partial charge in [0.25, 0.3) is 0 Å². The van der Waals surface area contributed by atoms with Crippen molar-refractivity contribution in [1.29, 1.82) is 0 Å². The van der Waals surface area contributed by atoms with Crippen molar-refractivity contribution in [2.75, 3.05) is 45.3 Å². The van der Waals surface area contributed by atoms with E-state index in [1.165, 1.54) is 0 Å². The molecular formula is C31H43N7O4. The van der Waals surface area contributed by atoms with Crippen molar-refractivity contribution in [3.63, 3.8) is 0 Å². The first-order valence-electron chi connectivity index (χ1n) is 14.6. The lowest BCUT2D eigenvalue weighted by Crippen LogP contribution is -2.59. The van der Waals surface area contributed by atoms with E-state index in [9.17, 15) is 9.59 Å². The highest BCUT2D eigenvalue weighted by atomic mass is 16.5. The molecule has 3 heterocycles. The van der Waals surface area contributed by atoms with Crippen LogP contribution in [-0.2, 0) is 16.0 Å². The van der Waals surface area contributed by atoms with Gasteiger partial charge in [-0.2, -0.15) is 4.98 Å². The van der Waals surface area contributed by atoms with Crippen LogP contribution in [0.5, 0.6) is 11.5 Å². The number of ether oxygens (including phenoxy) is 2. The predicted molar refractivity (Wildman–Crippen MR) is 161 cm³/mol. The minimum atomic E-state index is -0.819. The number of piperazine rings is 1. The number of methoxy groups -OCH3 is 2. The number of carbonyl (C=O) groups is 2. The summed E-state index contributed by atoms with van der Waals surface area (Å²) >= 11 is 0. The minimum Gasteiger partial charge on any atom is -0.493 e. The Morgan fingerprint density at radius 1 is 1.10 bits per heavy atom. The maximum absolute atomic E-state index is 13.6. The zero-order valence-corrected chi connectivity index (χ0v) is 25.5. The summed E-state index contributed by atoms with van der Waals surface area (Å²) in [4.78, 5) is 42.9. The number of Topliss-reactive ketones (excluding diaryl/α,β-unsaturated/α-hetero) is 1. The molecule has 1 saturated heterocycles. The van der Waals surface area contributed by atoms with Crippen molar-refractivity contribution < 1.29 is 19.1 Å². The van der Waals surface area contributed by atoms with Crippen LogP contribution in [0.3, 0.4) is 0 Å². The largest absolute Gasteiger partial charge is 0.493 e. The summed E-state index contributed by atoms with van der Waals surface area (Å²) in [5.74, 6) is 1.81. The third-order valence-corrected chi connectivity index (χ3v) is 7.38. The van der Waals surface area contributed by atoms with E-state index in [4.69, 9.17) is 19.4 Å². The van der Waals surface area contributed by atoms with E-state index in [1.807, 2.05) is 44.3 Å². The molecule has 0 radical (unpaired) electrons. The molecule has 226 valence electrons. The Kier molecular flexibility index (Phi) is 10.5. The van der Waals surface area contributed by atoms with Gasteiger partial charge in [0.2, 0.25) is 11.9 Å². The zero-order chi connectivity index (χ0) is 30.2. The summed E-state index contributed by atoms with van der Waals surface area (Å²) < 4.78 is 12.5. The first-order valence-corrected chi connectivity index (χ1v) is 14.6. The summed E-state index contributed by atoms with van der Waals surface area (Å²) in [5, 5.41) is 6.49. The van der Waals surface area contributed by atoms with Crippen LogP contribution in [0, 0.1) is 11.8 Å². The number of hydrogen-bond donors (Lipinski definition) is 2. The van der Waals surface area contributed by atoms with E-state index >= 15 is 0 Å². The molecule has 2 N–H and O–H groups in total. The van der Waals surface area contributed by atoms with E-state index in [0.717, 1.165) is 17.1 Å². The summed E-state index contributed by atoms with van der Waals surface area (Å²) in [5.41, 5.74) is 1.91. The van der Waals surface area contributed by atoms with E-state index < -0.39 is 5.92 Å². The number of rotatable bonds is 13. The highest BCUT2D eigenvalue weighted by molar-refractivity contribution is 6.02. The summed E-state index contributed by atoms with van der Waals surface area (Å²) in [7, 11) is 3.19. The molecule has 0 spiro atoms. The van der Waals surface area contributed by atoms with Gasteiger partial charge >= 0.3 is 0 Å². The van der Waals surface area contributed by atoms with Crippen LogP contribution in [0.15, 0.2) is 43.0 Å². The van der Waals surface area contributed by atoms with Crippen molar-refractivity contribution in [2.45, 2.75) is 52.5 Å². The molecule has 11 heteroatoms. The molecule has 2 unspecified atom stereocenters. The fraction of sp³-hybridized carbons (Fsp3) is 0.516. The molecule has 42 heavy (non-hydrogen) atoms. The Labute approximate surface area is 248 Å². The second kappa shape index (κ2) is 14.3. The van der Waals surface area contributed by atoms with Crippen LogP contribution in [-0.4, -0.2) is 77.6 Å². The van der Waals surface area contributed by atoms with Crippen molar-refractivity contribution in [3.05, 3.63) is 54.2 Å². The Bertz CT molecular complexity index is 1340. The molecule has 0 saturated carbocycles. The quantitative estimate of drug-likeness (QED) is 0.295. The lowest BCUT2D eigenvalue weighted by Gasteiger charge is -2.37. The lowest BCUT2D eigenvalue weighted by atomic mass is 9.88. The average Bonchev–Trinajstić information content (AvgIpc) is 3.52. The number of ketones is 1. The number of hydrogen-bond acceptors (Lipinski definition) is 9. The molecule has 0 bridgehead atoms. The van der Waals surface area contributed by atoms with Crippen LogP contribution in [0.25, 0.3) is 5.95 Å². The molecular weight excluding hydrogens is 534 g/mol. The Morgan fingerprint density at radius 2 is 1.88 bits per heavy atom. The third-order valence-electron chi connectivity index (χ3n) is 7.38. The number of nitrogens with one attached hydrogen (secondary N) is 2. The molecule has 1 aliphatic rings.